The van der Waals surface area contributed by atoms with E-state index < -0.39 is 10.0 Å². The Morgan fingerprint density at radius 1 is 1.04 bits per heavy atom. The molecule has 0 aliphatic carbocycles. The Labute approximate surface area is 147 Å². The number of rotatable bonds is 6. The fraction of sp³-hybridized carbons (Fsp3) is 0.235. The fourth-order valence-electron chi connectivity index (χ4n) is 2.19. The molecule has 0 aliphatic heterocycles. The lowest BCUT2D eigenvalue weighted by Gasteiger charge is -2.25. The van der Waals surface area contributed by atoms with Crippen LogP contribution < -0.4 is 4.31 Å². The molecule has 0 heterocycles. The van der Waals surface area contributed by atoms with Gasteiger partial charge in [-0.3, -0.25) is 9.10 Å². The van der Waals surface area contributed by atoms with Crippen molar-refractivity contribution in [2.45, 2.75) is 6.54 Å². The van der Waals surface area contributed by atoms with Crippen molar-refractivity contribution in [3.63, 3.8) is 0 Å². The Kier molecular flexibility index (Phi) is 5.85. The van der Waals surface area contributed by atoms with Gasteiger partial charge in [0.25, 0.3) is 0 Å². The summed E-state index contributed by atoms with van der Waals surface area (Å²) in [6.07, 6.45) is 1.09. The third-order valence-electron chi connectivity index (χ3n) is 3.48. The predicted molar refractivity (Wildman–Crippen MR) is 96.6 cm³/mol. The summed E-state index contributed by atoms with van der Waals surface area (Å²) >= 11 is 5.84. The number of hydrogen-bond acceptors (Lipinski definition) is 3. The van der Waals surface area contributed by atoms with Crippen LogP contribution in [0.15, 0.2) is 54.6 Å². The molecule has 0 atom stereocenters. The maximum atomic E-state index is 12.4. The van der Waals surface area contributed by atoms with E-state index in [0.29, 0.717) is 17.3 Å². The van der Waals surface area contributed by atoms with Gasteiger partial charge in [-0.15, -0.1) is 0 Å². The highest BCUT2D eigenvalue weighted by molar-refractivity contribution is 7.92. The summed E-state index contributed by atoms with van der Waals surface area (Å²) in [5, 5.41) is 0.625. The number of carbonyl (C=O) groups is 1. The summed E-state index contributed by atoms with van der Waals surface area (Å²) in [6.45, 7) is 0.134. The summed E-state index contributed by atoms with van der Waals surface area (Å²) in [5.74, 6) is -0.292. The quantitative estimate of drug-likeness (QED) is 0.789. The summed E-state index contributed by atoms with van der Waals surface area (Å²) in [6, 6.07) is 15.7. The highest BCUT2D eigenvalue weighted by atomic mass is 35.5. The number of para-hydroxylation sites is 1. The first-order valence-corrected chi connectivity index (χ1v) is 9.51. The first-order valence-electron chi connectivity index (χ1n) is 7.28. The maximum absolute atomic E-state index is 12.4. The van der Waals surface area contributed by atoms with Crippen LogP contribution in [0.3, 0.4) is 0 Å². The first kappa shape index (κ1) is 18.3. The van der Waals surface area contributed by atoms with Crippen LogP contribution in [0.25, 0.3) is 0 Å². The standard InChI is InChI=1S/C17H19ClN2O3S/c1-19(12-14-8-10-15(18)11-9-14)17(21)13-20(24(2,22)23)16-6-4-3-5-7-16/h3-11H,12-13H2,1-2H3. The SMILES string of the molecule is CN(Cc1ccc(Cl)cc1)C(=O)CN(c1ccccc1)S(C)(=O)=O. The highest BCUT2D eigenvalue weighted by Gasteiger charge is 2.22. The van der Waals surface area contributed by atoms with Crippen LogP contribution in [0, 0.1) is 0 Å². The van der Waals surface area contributed by atoms with E-state index >= 15 is 0 Å². The number of carbonyl (C=O) groups excluding carboxylic acids is 1. The summed E-state index contributed by atoms with van der Waals surface area (Å²) < 4.78 is 25.2. The molecule has 0 radical (unpaired) electrons. The van der Waals surface area contributed by atoms with Crippen molar-refractivity contribution >= 4 is 33.2 Å². The Balaban J connectivity index is 2.11. The molecule has 1 amide bonds. The third-order valence-corrected chi connectivity index (χ3v) is 4.87. The molecule has 0 aliphatic rings. The molecule has 0 fully saturated rings. The second-order valence-corrected chi connectivity index (χ2v) is 7.82. The summed E-state index contributed by atoms with van der Waals surface area (Å²) in [5.41, 5.74) is 1.38. The summed E-state index contributed by atoms with van der Waals surface area (Å²) in [7, 11) is -1.92. The Morgan fingerprint density at radius 2 is 1.62 bits per heavy atom. The summed E-state index contributed by atoms with van der Waals surface area (Å²) in [4.78, 5) is 13.9. The molecule has 24 heavy (non-hydrogen) atoms. The molecule has 0 saturated heterocycles. The second kappa shape index (κ2) is 7.68. The number of benzene rings is 2. The van der Waals surface area contributed by atoms with Gasteiger partial charge in [-0.1, -0.05) is 41.9 Å². The number of nitrogens with zero attached hydrogens (tertiary/aromatic N) is 2. The number of amides is 1. The molecular weight excluding hydrogens is 348 g/mol. The molecule has 5 nitrogen and oxygen atoms in total. The van der Waals surface area contributed by atoms with Gasteiger partial charge in [0.15, 0.2) is 0 Å². The maximum Gasteiger partial charge on any atom is 0.243 e. The van der Waals surface area contributed by atoms with E-state index in [-0.39, 0.29) is 12.5 Å². The monoisotopic (exact) mass is 366 g/mol. The van der Waals surface area contributed by atoms with Gasteiger partial charge in [-0.25, -0.2) is 8.42 Å². The molecule has 7 heteroatoms. The van der Waals surface area contributed by atoms with Gasteiger partial charge < -0.3 is 4.90 Å². The van der Waals surface area contributed by atoms with Crippen LogP contribution in [0.1, 0.15) is 5.56 Å². The minimum Gasteiger partial charge on any atom is -0.340 e. The zero-order chi connectivity index (χ0) is 17.7. The van der Waals surface area contributed by atoms with Crippen molar-refractivity contribution in [1.29, 1.82) is 0 Å². The number of hydrogen-bond donors (Lipinski definition) is 0. The minimum atomic E-state index is -3.56. The molecule has 0 N–H and O–H groups in total. The van der Waals surface area contributed by atoms with Crippen molar-refractivity contribution in [2.75, 3.05) is 24.2 Å². The first-order chi connectivity index (χ1) is 11.3. The molecule has 0 bridgehead atoms. The van der Waals surface area contributed by atoms with E-state index in [1.165, 1.54) is 4.90 Å². The van der Waals surface area contributed by atoms with Crippen LogP contribution in [-0.4, -0.2) is 39.1 Å². The molecular formula is C17H19ClN2O3S. The van der Waals surface area contributed by atoms with E-state index in [1.807, 2.05) is 12.1 Å². The minimum absolute atomic E-state index is 0.243. The van der Waals surface area contributed by atoms with Crippen LogP contribution in [0.4, 0.5) is 5.69 Å². The lowest BCUT2D eigenvalue weighted by atomic mass is 10.2. The molecule has 0 spiro atoms. The fourth-order valence-corrected chi connectivity index (χ4v) is 3.17. The van der Waals surface area contributed by atoms with E-state index in [0.717, 1.165) is 16.1 Å². The topological polar surface area (TPSA) is 57.7 Å². The normalized spacial score (nSPS) is 11.1. The van der Waals surface area contributed by atoms with Crippen molar-refractivity contribution in [3.05, 3.63) is 65.2 Å². The number of anilines is 1. The zero-order valence-electron chi connectivity index (χ0n) is 13.5. The van der Waals surface area contributed by atoms with Crippen LogP contribution in [0.2, 0.25) is 5.02 Å². The molecule has 2 aromatic carbocycles. The molecule has 2 aromatic rings. The Bertz CT molecular complexity index is 792. The lowest BCUT2D eigenvalue weighted by molar-refractivity contribution is -0.128. The molecule has 128 valence electrons. The van der Waals surface area contributed by atoms with Gasteiger partial charge in [-0.05, 0) is 29.8 Å². The highest BCUT2D eigenvalue weighted by Crippen LogP contribution is 2.17. The number of sulfonamides is 1. The predicted octanol–water partition coefficient (Wildman–Crippen LogP) is 2.76. The third kappa shape index (κ3) is 4.97. The second-order valence-electron chi connectivity index (χ2n) is 5.48. The van der Waals surface area contributed by atoms with E-state index in [2.05, 4.69) is 0 Å². The number of likely N-dealkylation sites (N-methyl/N-ethyl adjacent to an activating group) is 1. The average Bonchev–Trinajstić information content (AvgIpc) is 2.54. The van der Waals surface area contributed by atoms with Gasteiger partial charge in [0, 0.05) is 18.6 Å². The van der Waals surface area contributed by atoms with E-state index in [4.69, 9.17) is 11.6 Å². The molecule has 0 saturated carbocycles. The number of halogens is 1. The van der Waals surface area contributed by atoms with Crippen molar-refractivity contribution in [3.8, 4) is 0 Å². The van der Waals surface area contributed by atoms with Crippen molar-refractivity contribution < 1.29 is 13.2 Å². The van der Waals surface area contributed by atoms with E-state index in [9.17, 15) is 13.2 Å². The zero-order valence-corrected chi connectivity index (χ0v) is 15.1. The van der Waals surface area contributed by atoms with Gasteiger partial charge in [0.2, 0.25) is 15.9 Å². The largest absolute Gasteiger partial charge is 0.340 e. The smallest absolute Gasteiger partial charge is 0.243 e. The molecule has 2 rings (SSSR count). The Morgan fingerprint density at radius 3 is 2.17 bits per heavy atom. The average molecular weight is 367 g/mol. The van der Waals surface area contributed by atoms with Crippen molar-refractivity contribution in [1.82, 2.24) is 4.90 Å². The van der Waals surface area contributed by atoms with Gasteiger partial charge in [0.1, 0.15) is 6.54 Å². The Hall–Kier alpha value is -2.05. The van der Waals surface area contributed by atoms with Gasteiger partial charge in [0.05, 0.1) is 11.9 Å². The molecule has 0 unspecified atom stereocenters. The van der Waals surface area contributed by atoms with Crippen molar-refractivity contribution in [2.24, 2.45) is 0 Å². The van der Waals surface area contributed by atoms with Crippen LogP contribution in [-0.2, 0) is 21.4 Å². The lowest BCUT2D eigenvalue weighted by Crippen LogP contribution is -2.41. The van der Waals surface area contributed by atoms with Gasteiger partial charge in [-0.2, -0.15) is 0 Å². The van der Waals surface area contributed by atoms with Crippen LogP contribution >= 0.6 is 11.6 Å². The van der Waals surface area contributed by atoms with Crippen LogP contribution in [0.5, 0.6) is 0 Å². The van der Waals surface area contributed by atoms with Gasteiger partial charge >= 0.3 is 0 Å². The van der Waals surface area contributed by atoms with E-state index in [1.54, 1.807) is 49.5 Å². The molecule has 0 aromatic heterocycles.